The molecule has 0 radical (unpaired) electrons. The van der Waals surface area contributed by atoms with Gasteiger partial charge in [0.2, 0.25) is 5.91 Å². The third kappa shape index (κ3) is 4.21. The number of carbonyl (C=O) groups is 1. The summed E-state index contributed by atoms with van der Waals surface area (Å²) < 4.78 is 36.1. The minimum atomic E-state index is -0.883. The zero-order valence-electron chi connectivity index (χ0n) is 17.9. The summed E-state index contributed by atoms with van der Waals surface area (Å²) in [6, 6.07) is 9.44. The molecule has 0 aliphatic heterocycles. The van der Waals surface area contributed by atoms with Gasteiger partial charge in [-0.05, 0) is 12.1 Å². The fraction of sp³-hybridized carbons (Fsp3) is 0.0909. The molecule has 0 spiro atoms. The molecule has 0 aliphatic carbocycles. The molecule has 11 nitrogen and oxygen atoms in total. The van der Waals surface area contributed by atoms with E-state index in [4.69, 9.17) is 10.3 Å². The summed E-state index contributed by atoms with van der Waals surface area (Å²) in [5, 5.41) is 11.0. The molecule has 1 amide bonds. The van der Waals surface area contributed by atoms with E-state index in [2.05, 4.69) is 25.3 Å². The maximum Gasteiger partial charge on any atom is 0.276 e. The first-order valence-corrected chi connectivity index (χ1v) is 10.2. The van der Waals surface area contributed by atoms with Crippen LogP contribution in [0.25, 0.3) is 28.7 Å². The van der Waals surface area contributed by atoms with Gasteiger partial charge in [-0.15, -0.1) is 0 Å². The third-order valence-corrected chi connectivity index (χ3v) is 5.14. The number of rotatable bonds is 7. The fourth-order valence-electron chi connectivity index (χ4n) is 3.50. The Balaban J connectivity index is 1.58. The van der Waals surface area contributed by atoms with Crippen molar-refractivity contribution >= 4 is 5.91 Å². The lowest BCUT2D eigenvalue weighted by Gasteiger charge is -2.06. The Labute approximate surface area is 194 Å². The Morgan fingerprint density at radius 2 is 1.94 bits per heavy atom. The summed E-state index contributed by atoms with van der Waals surface area (Å²) in [6.45, 7) is 0.0650. The van der Waals surface area contributed by atoms with Crippen molar-refractivity contribution in [2.75, 3.05) is 0 Å². The lowest BCUT2D eigenvalue weighted by molar-refractivity contribution is -0.117. The van der Waals surface area contributed by atoms with Crippen molar-refractivity contribution in [1.29, 1.82) is 0 Å². The summed E-state index contributed by atoms with van der Waals surface area (Å²) in [5.41, 5.74) is 6.03. The highest BCUT2D eigenvalue weighted by atomic mass is 19.1. The number of halogens is 2. The van der Waals surface area contributed by atoms with Crippen LogP contribution in [-0.4, -0.2) is 40.6 Å². The number of hydrogen-bond donors (Lipinski definition) is 2. The highest BCUT2D eigenvalue weighted by Gasteiger charge is 2.20. The van der Waals surface area contributed by atoms with Crippen LogP contribution in [0, 0.1) is 11.6 Å². The maximum absolute atomic E-state index is 14.6. The summed E-state index contributed by atoms with van der Waals surface area (Å²) in [7, 11) is 0. The van der Waals surface area contributed by atoms with Crippen molar-refractivity contribution in [2.24, 2.45) is 5.73 Å². The van der Waals surface area contributed by atoms with Crippen molar-refractivity contribution < 1.29 is 18.1 Å². The maximum atomic E-state index is 14.6. The van der Waals surface area contributed by atoms with Crippen LogP contribution in [0.1, 0.15) is 11.1 Å². The molecule has 4 aromatic heterocycles. The molecule has 13 heteroatoms. The highest BCUT2D eigenvalue weighted by molar-refractivity contribution is 5.76. The number of benzene rings is 1. The molecule has 0 saturated carbocycles. The van der Waals surface area contributed by atoms with Gasteiger partial charge in [0.05, 0.1) is 24.9 Å². The second-order valence-electron chi connectivity index (χ2n) is 7.50. The topological polar surface area (TPSA) is 151 Å². The van der Waals surface area contributed by atoms with Crippen LogP contribution in [0.5, 0.6) is 0 Å². The van der Waals surface area contributed by atoms with Crippen LogP contribution in [-0.2, 0) is 17.8 Å². The van der Waals surface area contributed by atoms with Gasteiger partial charge in [-0.1, -0.05) is 23.4 Å². The van der Waals surface area contributed by atoms with E-state index in [1.807, 2.05) is 0 Å². The minimum absolute atomic E-state index is 0.00335. The molecule has 5 aromatic rings. The molecule has 0 bridgehead atoms. The van der Waals surface area contributed by atoms with Crippen molar-refractivity contribution in [3.8, 4) is 28.7 Å². The number of amides is 1. The van der Waals surface area contributed by atoms with E-state index in [1.165, 1.54) is 23.2 Å². The molecule has 0 saturated heterocycles. The first-order valence-electron chi connectivity index (χ1n) is 10.2. The number of hydrogen-bond acceptors (Lipinski definition) is 7. The Morgan fingerprint density at radius 1 is 1.11 bits per heavy atom. The number of nitrogens with two attached hydrogens (primary N) is 1. The zero-order valence-corrected chi connectivity index (χ0v) is 17.9. The number of aromatic nitrogens is 7. The quantitative estimate of drug-likeness (QED) is 0.362. The normalized spacial score (nSPS) is 11.1. The number of carbonyl (C=O) groups excluding carboxylic acids is 1. The van der Waals surface area contributed by atoms with E-state index < -0.39 is 23.1 Å². The van der Waals surface area contributed by atoms with E-state index in [1.54, 1.807) is 30.3 Å². The molecule has 3 N–H and O–H groups in total. The van der Waals surface area contributed by atoms with E-state index in [0.717, 1.165) is 10.9 Å². The summed E-state index contributed by atoms with van der Waals surface area (Å²) in [5.74, 6) is -2.38. The van der Waals surface area contributed by atoms with Crippen LogP contribution in [0.4, 0.5) is 8.78 Å². The smallest absolute Gasteiger partial charge is 0.276 e. The third-order valence-electron chi connectivity index (χ3n) is 5.14. The number of nitrogens with zero attached hydrogens (tertiary/aromatic N) is 6. The van der Waals surface area contributed by atoms with E-state index in [9.17, 15) is 18.4 Å². The number of nitrogens with one attached hydrogen (secondary N) is 1. The summed E-state index contributed by atoms with van der Waals surface area (Å²) in [4.78, 5) is 31.9. The van der Waals surface area contributed by atoms with Crippen LogP contribution < -0.4 is 11.3 Å². The largest absolute Gasteiger partial charge is 0.369 e. The number of H-pyrrole nitrogens is 1. The molecule has 176 valence electrons. The minimum Gasteiger partial charge on any atom is -0.369 e. The Kier molecular flexibility index (Phi) is 5.49. The average Bonchev–Trinajstić information content (AvgIpc) is 3.57. The molecule has 0 aliphatic rings. The van der Waals surface area contributed by atoms with Crippen LogP contribution in [0.3, 0.4) is 0 Å². The van der Waals surface area contributed by atoms with Crippen molar-refractivity contribution in [3.63, 3.8) is 0 Å². The van der Waals surface area contributed by atoms with Gasteiger partial charge in [0, 0.05) is 23.4 Å². The molecular formula is C22H16F2N8O3. The van der Waals surface area contributed by atoms with Gasteiger partial charge >= 0.3 is 0 Å². The van der Waals surface area contributed by atoms with Gasteiger partial charge in [0.15, 0.2) is 17.5 Å². The highest BCUT2D eigenvalue weighted by Crippen LogP contribution is 2.25. The lowest BCUT2D eigenvalue weighted by Crippen LogP contribution is -2.23. The molecule has 35 heavy (non-hydrogen) atoms. The molecule has 0 unspecified atom stereocenters. The SMILES string of the molecule is NC(=O)Cc1c[nH]n(-c2nc(-c3cc(-c4ccon4)n(Cc4ccccc4F)n3)ncc2F)c1=O. The standard InChI is InChI=1S/C22H16F2N8O3/c23-14-4-2-1-3-12(14)11-31-18(16-5-6-35-30-16)8-17(29-31)20-26-10-15(24)21(28-20)32-22(34)13(9-27-32)7-19(25)33/h1-6,8-10,27H,7,11H2,(H2,25,33). The van der Waals surface area contributed by atoms with Gasteiger partial charge in [-0.25, -0.2) is 18.7 Å². The van der Waals surface area contributed by atoms with E-state index >= 15 is 0 Å². The Morgan fingerprint density at radius 3 is 2.69 bits per heavy atom. The van der Waals surface area contributed by atoms with Gasteiger partial charge in [0.25, 0.3) is 5.56 Å². The van der Waals surface area contributed by atoms with Gasteiger partial charge in [0.1, 0.15) is 23.5 Å². The number of primary amides is 1. The van der Waals surface area contributed by atoms with Crippen molar-refractivity contribution in [1.82, 2.24) is 34.7 Å². The number of aromatic amines is 1. The lowest BCUT2D eigenvalue weighted by atomic mass is 10.2. The molecule has 1 aromatic carbocycles. The summed E-state index contributed by atoms with van der Waals surface area (Å²) in [6.07, 6.45) is 3.21. The van der Waals surface area contributed by atoms with Crippen molar-refractivity contribution in [3.05, 3.63) is 88.2 Å². The van der Waals surface area contributed by atoms with Gasteiger partial charge in [-0.3, -0.25) is 19.4 Å². The van der Waals surface area contributed by atoms with Crippen LogP contribution in [0.15, 0.2) is 64.4 Å². The van der Waals surface area contributed by atoms with Crippen LogP contribution in [0.2, 0.25) is 0 Å². The van der Waals surface area contributed by atoms with Gasteiger partial charge in [-0.2, -0.15) is 9.78 Å². The predicted molar refractivity (Wildman–Crippen MR) is 117 cm³/mol. The van der Waals surface area contributed by atoms with E-state index in [0.29, 0.717) is 17.0 Å². The molecule has 4 heterocycles. The average molecular weight is 478 g/mol. The predicted octanol–water partition coefficient (Wildman–Crippen LogP) is 1.83. The Hall–Kier alpha value is -4.94. The molecular weight excluding hydrogens is 462 g/mol. The van der Waals surface area contributed by atoms with Crippen molar-refractivity contribution in [2.45, 2.75) is 13.0 Å². The second kappa shape index (κ2) is 8.78. The zero-order chi connectivity index (χ0) is 24.5. The molecule has 0 fully saturated rings. The van der Waals surface area contributed by atoms with Gasteiger partial charge < -0.3 is 10.3 Å². The first-order chi connectivity index (χ1) is 16.9. The molecule has 5 rings (SSSR count). The second-order valence-corrected chi connectivity index (χ2v) is 7.50. The molecule has 0 atom stereocenters. The summed E-state index contributed by atoms with van der Waals surface area (Å²) >= 11 is 0. The Bertz CT molecular complexity index is 1590. The monoisotopic (exact) mass is 478 g/mol. The van der Waals surface area contributed by atoms with Crippen LogP contribution >= 0.6 is 0 Å². The van der Waals surface area contributed by atoms with E-state index in [-0.39, 0.29) is 35.9 Å². The first kappa shape index (κ1) is 21.9. The fourth-order valence-corrected chi connectivity index (χ4v) is 3.50.